The van der Waals surface area contributed by atoms with Crippen LogP contribution in [0.25, 0.3) is 0 Å². The molecule has 3 rings (SSSR count). The number of nitrogens with two attached hydrogens (primary N) is 1. The third-order valence-corrected chi connectivity index (χ3v) is 4.04. The Morgan fingerprint density at radius 3 is 2.60 bits per heavy atom. The van der Waals surface area contributed by atoms with E-state index >= 15 is 0 Å². The Morgan fingerprint density at radius 1 is 1.30 bits per heavy atom. The standard InChI is InChI=1S/C16H22N2O2/c17-13-2-1-3-14(10-13)20-9-8-15(19)18-16(11-4-5-11)12-6-7-12/h1-3,10-12,16H,4-9,17H2,(H,18,19). The molecule has 0 bridgehead atoms. The molecule has 0 radical (unpaired) electrons. The van der Waals surface area contributed by atoms with Crippen molar-refractivity contribution in [1.29, 1.82) is 0 Å². The molecule has 0 atom stereocenters. The van der Waals surface area contributed by atoms with E-state index in [9.17, 15) is 4.79 Å². The number of ether oxygens (including phenoxy) is 1. The van der Waals surface area contributed by atoms with Crippen molar-refractivity contribution in [2.24, 2.45) is 11.8 Å². The number of benzene rings is 1. The molecule has 4 nitrogen and oxygen atoms in total. The molecule has 20 heavy (non-hydrogen) atoms. The summed E-state index contributed by atoms with van der Waals surface area (Å²) in [4.78, 5) is 12.0. The molecule has 0 saturated heterocycles. The van der Waals surface area contributed by atoms with Gasteiger partial charge in [0.15, 0.2) is 0 Å². The van der Waals surface area contributed by atoms with E-state index in [1.807, 2.05) is 18.2 Å². The highest BCUT2D eigenvalue weighted by molar-refractivity contribution is 5.76. The summed E-state index contributed by atoms with van der Waals surface area (Å²) in [7, 11) is 0. The molecule has 3 N–H and O–H groups in total. The number of hydrogen-bond donors (Lipinski definition) is 2. The smallest absolute Gasteiger partial charge is 0.223 e. The summed E-state index contributed by atoms with van der Waals surface area (Å²) < 4.78 is 5.55. The van der Waals surface area contributed by atoms with Gasteiger partial charge in [-0.15, -0.1) is 0 Å². The molecule has 1 aromatic rings. The van der Waals surface area contributed by atoms with E-state index < -0.39 is 0 Å². The lowest BCUT2D eigenvalue weighted by Crippen LogP contribution is -2.38. The quantitative estimate of drug-likeness (QED) is 0.750. The first-order valence-electron chi connectivity index (χ1n) is 7.50. The fraction of sp³-hybridized carbons (Fsp3) is 0.562. The Bertz CT molecular complexity index is 469. The summed E-state index contributed by atoms with van der Waals surface area (Å²) in [6.07, 6.45) is 5.52. The number of nitrogen functional groups attached to an aromatic ring is 1. The number of carbonyl (C=O) groups excluding carboxylic acids is 1. The number of anilines is 1. The van der Waals surface area contributed by atoms with Crippen LogP contribution in [0.4, 0.5) is 5.69 Å². The molecule has 0 aliphatic heterocycles. The highest BCUT2D eigenvalue weighted by atomic mass is 16.5. The van der Waals surface area contributed by atoms with Gasteiger partial charge >= 0.3 is 0 Å². The number of nitrogens with one attached hydrogen (secondary N) is 1. The van der Waals surface area contributed by atoms with Gasteiger partial charge in [0, 0.05) is 17.8 Å². The number of carbonyl (C=O) groups is 1. The Morgan fingerprint density at radius 2 is 2.00 bits per heavy atom. The fourth-order valence-electron chi connectivity index (χ4n) is 2.66. The molecule has 0 aromatic heterocycles. The summed E-state index contributed by atoms with van der Waals surface area (Å²) in [5.74, 6) is 2.30. The van der Waals surface area contributed by atoms with Crippen LogP contribution in [-0.4, -0.2) is 18.6 Å². The molecular weight excluding hydrogens is 252 g/mol. The zero-order valence-electron chi connectivity index (χ0n) is 11.7. The van der Waals surface area contributed by atoms with Gasteiger partial charge in [0.1, 0.15) is 5.75 Å². The molecule has 0 heterocycles. The first-order chi connectivity index (χ1) is 9.72. The molecule has 2 fully saturated rings. The van der Waals surface area contributed by atoms with Crippen molar-refractivity contribution in [3.8, 4) is 5.75 Å². The first-order valence-corrected chi connectivity index (χ1v) is 7.50. The highest BCUT2D eigenvalue weighted by Gasteiger charge is 2.42. The highest BCUT2D eigenvalue weighted by Crippen LogP contribution is 2.44. The van der Waals surface area contributed by atoms with Crippen LogP contribution in [0.3, 0.4) is 0 Å². The summed E-state index contributed by atoms with van der Waals surface area (Å²) in [6.45, 7) is 0.400. The van der Waals surface area contributed by atoms with Crippen LogP contribution in [0.2, 0.25) is 0 Å². The Balaban J connectivity index is 1.40. The fourth-order valence-corrected chi connectivity index (χ4v) is 2.66. The second-order valence-corrected chi connectivity index (χ2v) is 5.94. The van der Waals surface area contributed by atoms with Crippen LogP contribution in [0.15, 0.2) is 24.3 Å². The molecule has 1 amide bonds. The van der Waals surface area contributed by atoms with Crippen molar-refractivity contribution < 1.29 is 9.53 Å². The zero-order valence-corrected chi connectivity index (χ0v) is 11.7. The Hall–Kier alpha value is -1.71. The minimum Gasteiger partial charge on any atom is -0.493 e. The summed E-state index contributed by atoms with van der Waals surface area (Å²) in [5, 5.41) is 3.19. The predicted octanol–water partition coefficient (Wildman–Crippen LogP) is 2.34. The van der Waals surface area contributed by atoms with E-state index in [1.54, 1.807) is 6.07 Å². The van der Waals surface area contributed by atoms with Crippen LogP contribution in [0.1, 0.15) is 32.1 Å². The SMILES string of the molecule is Nc1cccc(OCCC(=O)NC(C2CC2)C2CC2)c1. The molecule has 4 heteroatoms. The second kappa shape index (κ2) is 5.73. The zero-order chi connectivity index (χ0) is 13.9. The summed E-state index contributed by atoms with van der Waals surface area (Å²) in [5.41, 5.74) is 6.35. The normalized spacial score (nSPS) is 18.1. The van der Waals surface area contributed by atoms with Gasteiger partial charge in [-0.25, -0.2) is 0 Å². The molecule has 2 aliphatic carbocycles. The van der Waals surface area contributed by atoms with Crippen molar-refractivity contribution in [3.63, 3.8) is 0 Å². The van der Waals surface area contributed by atoms with E-state index in [0.29, 0.717) is 24.8 Å². The van der Waals surface area contributed by atoms with Crippen LogP contribution in [0.5, 0.6) is 5.75 Å². The largest absolute Gasteiger partial charge is 0.493 e. The lowest BCUT2D eigenvalue weighted by atomic mass is 10.1. The maximum atomic E-state index is 12.0. The van der Waals surface area contributed by atoms with Crippen LogP contribution >= 0.6 is 0 Å². The van der Waals surface area contributed by atoms with Crippen LogP contribution in [0, 0.1) is 11.8 Å². The van der Waals surface area contributed by atoms with Crippen molar-refractivity contribution in [3.05, 3.63) is 24.3 Å². The molecule has 1 aromatic carbocycles. The minimum absolute atomic E-state index is 0.109. The maximum Gasteiger partial charge on any atom is 0.223 e. The van der Waals surface area contributed by atoms with E-state index in [2.05, 4.69) is 5.32 Å². The van der Waals surface area contributed by atoms with Gasteiger partial charge in [0.05, 0.1) is 13.0 Å². The molecule has 0 spiro atoms. The number of rotatable bonds is 7. The topological polar surface area (TPSA) is 64.3 Å². The van der Waals surface area contributed by atoms with E-state index in [1.165, 1.54) is 25.7 Å². The van der Waals surface area contributed by atoms with Crippen LogP contribution < -0.4 is 15.8 Å². The Labute approximate surface area is 119 Å². The van der Waals surface area contributed by atoms with Crippen molar-refractivity contribution in [1.82, 2.24) is 5.32 Å². The summed E-state index contributed by atoms with van der Waals surface area (Å²) in [6, 6.07) is 7.71. The maximum absolute atomic E-state index is 12.0. The van der Waals surface area contributed by atoms with E-state index in [-0.39, 0.29) is 5.91 Å². The molecule has 2 aliphatic rings. The van der Waals surface area contributed by atoms with E-state index in [0.717, 1.165) is 17.6 Å². The van der Waals surface area contributed by atoms with Crippen LogP contribution in [-0.2, 0) is 4.79 Å². The van der Waals surface area contributed by atoms with Gasteiger partial charge in [-0.05, 0) is 49.7 Å². The molecular formula is C16H22N2O2. The first kappa shape index (κ1) is 13.3. The van der Waals surface area contributed by atoms with Crippen molar-refractivity contribution in [2.75, 3.05) is 12.3 Å². The van der Waals surface area contributed by atoms with Crippen molar-refractivity contribution >= 4 is 11.6 Å². The van der Waals surface area contributed by atoms with Gasteiger partial charge < -0.3 is 15.8 Å². The summed E-state index contributed by atoms with van der Waals surface area (Å²) >= 11 is 0. The number of amides is 1. The average molecular weight is 274 g/mol. The number of hydrogen-bond acceptors (Lipinski definition) is 3. The van der Waals surface area contributed by atoms with Gasteiger partial charge in [-0.2, -0.15) is 0 Å². The van der Waals surface area contributed by atoms with Gasteiger partial charge in [-0.3, -0.25) is 4.79 Å². The Kier molecular flexibility index (Phi) is 3.81. The third-order valence-electron chi connectivity index (χ3n) is 4.04. The third kappa shape index (κ3) is 3.65. The average Bonchev–Trinajstić information content (AvgIpc) is 3.28. The predicted molar refractivity (Wildman–Crippen MR) is 78.3 cm³/mol. The van der Waals surface area contributed by atoms with Gasteiger partial charge in [0.2, 0.25) is 5.91 Å². The molecule has 2 saturated carbocycles. The lowest BCUT2D eigenvalue weighted by Gasteiger charge is -2.17. The minimum atomic E-state index is 0.109. The second-order valence-electron chi connectivity index (χ2n) is 5.94. The van der Waals surface area contributed by atoms with Crippen molar-refractivity contribution in [2.45, 2.75) is 38.1 Å². The molecule has 108 valence electrons. The molecule has 0 unspecified atom stereocenters. The lowest BCUT2D eigenvalue weighted by molar-refractivity contribution is -0.122. The monoisotopic (exact) mass is 274 g/mol. The van der Waals surface area contributed by atoms with Gasteiger partial charge in [0.25, 0.3) is 0 Å². The van der Waals surface area contributed by atoms with Gasteiger partial charge in [-0.1, -0.05) is 6.07 Å². The van der Waals surface area contributed by atoms with E-state index in [4.69, 9.17) is 10.5 Å².